The number of amides is 1. The van der Waals surface area contributed by atoms with Crippen molar-refractivity contribution >= 4 is 23.2 Å². The van der Waals surface area contributed by atoms with Crippen LogP contribution in [0.5, 0.6) is 11.5 Å². The van der Waals surface area contributed by atoms with E-state index in [1.54, 1.807) is 24.3 Å². The van der Waals surface area contributed by atoms with E-state index in [0.717, 1.165) is 16.2 Å². The molecule has 2 N–H and O–H groups in total. The van der Waals surface area contributed by atoms with E-state index in [9.17, 15) is 18.8 Å². The number of nitrogens with zero attached hydrogens (tertiary/aromatic N) is 4. The molecule has 0 fully saturated rings. The number of benzene rings is 2. The number of rotatable bonds is 6. The van der Waals surface area contributed by atoms with Crippen LogP contribution in [0.1, 0.15) is 16.1 Å². The number of aromatic nitrogens is 4. The van der Waals surface area contributed by atoms with Crippen molar-refractivity contribution in [2.75, 3.05) is 7.05 Å². The van der Waals surface area contributed by atoms with E-state index in [1.807, 2.05) is 0 Å². The second kappa shape index (κ2) is 10.4. The molecule has 1 amide bonds. The van der Waals surface area contributed by atoms with Gasteiger partial charge in [-0.2, -0.15) is 0 Å². The summed E-state index contributed by atoms with van der Waals surface area (Å²) in [6.45, 7) is 0.0961. The SMILES string of the molecule is CNC(=O)c1cc(Oc2ccc(/N=c3\[nH]c(=O)n(C)c(=O)n3Cc3ccc(Cl)cc3)cc2F)ccn1. The number of carbonyl (C=O) groups excluding carboxylic acids is 1. The highest BCUT2D eigenvalue weighted by atomic mass is 35.5. The first-order valence-electron chi connectivity index (χ1n) is 10.6. The summed E-state index contributed by atoms with van der Waals surface area (Å²) < 4.78 is 22.6. The predicted octanol–water partition coefficient (Wildman–Crippen LogP) is 2.50. The van der Waals surface area contributed by atoms with Gasteiger partial charge < -0.3 is 10.1 Å². The number of hydrogen-bond acceptors (Lipinski definition) is 6. The Morgan fingerprint density at radius 3 is 2.61 bits per heavy atom. The van der Waals surface area contributed by atoms with Gasteiger partial charge in [0, 0.05) is 37.4 Å². The summed E-state index contributed by atoms with van der Waals surface area (Å²) >= 11 is 5.93. The van der Waals surface area contributed by atoms with E-state index in [-0.39, 0.29) is 35.0 Å². The zero-order valence-corrected chi connectivity index (χ0v) is 19.9. The lowest BCUT2D eigenvalue weighted by atomic mass is 10.2. The number of H-pyrrole nitrogens is 1. The molecule has 2 aromatic heterocycles. The van der Waals surface area contributed by atoms with Crippen LogP contribution in [0.15, 0.2) is 75.4 Å². The molecule has 10 nitrogen and oxygen atoms in total. The summed E-state index contributed by atoms with van der Waals surface area (Å²) in [5.74, 6) is -1.06. The summed E-state index contributed by atoms with van der Waals surface area (Å²) in [4.78, 5) is 47.5. The van der Waals surface area contributed by atoms with Gasteiger partial charge in [0.2, 0.25) is 5.62 Å². The van der Waals surface area contributed by atoms with E-state index >= 15 is 0 Å². The Morgan fingerprint density at radius 1 is 1.17 bits per heavy atom. The number of ether oxygens (including phenoxy) is 1. The lowest BCUT2D eigenvalue weighted by Gasteiger charge is -2.10. The van der Waals surface area contributed by atoms with Gasteiger partial charge >= 0.3 is 11.4 Å². The molecule has 0 unspecified atom stereocenters. The Labute approximate surface area is 208 Å². The summed E-state index contributed by atoms with van der Waals surface area (Å²) in [7, 11) is 2.80. The zero-order chi connectivity index (χ0) is 25.8. The molecule has 0 radical (unpaired) electrons. The van der Waals surface area contributed by atoms with Crippen LogP contribution >= 0.6 is 11.6 Å². The van der Waals surface area contributed by atoms with Crippen molar-refractivity contribution in [2.45, 2.75) is 6.54 Å². The van der Waals surface area contributed by atoms with E-state index in [1.165, 1.54) is 49.1 Å². The maximum atomic E-state index is 14.8. The highest BCUT2D eigenvalue weighted by molar-refractivity contribution is 6.30. The fourth-order valence-electron chi connectivity index (χ4n) is 3.23. The van der Waals surface area contributed by atoms with Crippen molar-refractivity contribution < 1.29 is 13.9 Å². The minimum atomic E-state index is -0.745. The van der Waals surface area contributed by atoms with Crippen LogP contribution in [0.2, 0.25) is 5.02 Å². The van der Waals surface area contributed by atoms with Gasteiger partial charge in [-0.25, -0.2) is 23.5 Å². The zero-order valence-electron chi connectivity index (χ0n) is 19.2. The third kappa shape index (κ3) is 5.41. The van der Waals surface area contributed by atoms with E-state index in [0.29, 0.717) is 5.02 Å². The Kier molecular flexibility index (Phi) is 7.11. The van der Waals surface area contributed by atoms with Crippen LogP contribution in [0.4, 0.5) is 10.1 Å². The van der Waals surface area contributed by atoms with Gasteiger partial charge in [0.15, 0.2) is 11.6 Å². The molecule has 0 aliphatic rings. The third-order valence-corrected chi connectivity index (χ3v) is 5.37. The van der Waals surface area contributed by atoms with Crippen molar-refractivity contribution in [1.29, 1.82) is 0 Å². The molecule has 0 saturated carbocycles. The molecule has 0 aliphatic heterocycles. The monoisotopic (exact) mass is 510 g/mol. The summed E-state index contributed by atoms with van der Waals surface area (Å²) in [5, 5.41) is 2.99. The maximum Gasteiger partial charge on any atom is 0.335 e. The molecule has 0 atom stereocenters. The summed E-state index contributed by atoms with van der Waals surface area (Å²) in [6, 6.07) is 13.6. The molecular weight excluding hydrogens is 491 g/mol. The first-order chi connectivity index (χ1) is 17.2. The highest BCUT2D eigenvalue weighted by Crippen LogP contribution is 2.27. The van der Waals surface area contributed by atoms with Crippen molar-refractivity contribution in [3.63, 3.8) is 0 Å². The van der Waals surface area contributed by atoms with Gasteiger partial charge in [0.25, 0.3) is 5.91 Å². The second-order valence-electron chi connectivity index (χ2n) is 7.59. The standard InChI is InChI=1S/C24H20ClFN6O4/c1-27-21(33)19-12-17(9-10-28-19)36-20-8-7-16(11-18(20)26)29-22-30-23(34)31(2)24(35)32(22)13-14-3-5-15(25)6-4-14/h3-12H,13H2,1-2H3,(H,27,33)(H,29,30,34). The van der Waals surface area contributed by atoms with E-state index in [4.69, 9.17) is 16.3 Å². The lowest BCUT2D eigenvalue weighted by molar-refractivity contribution is 0.0958. The molecule has 0 saturated heterocycles. The van der Waals surface area contributed by atoms with Gasteiger partial charge in [-0.3, -0.25) is 19.3 Å². The molecule has 184 valence electrons. The maximum absolute atomic E-state index is 14.8. The second-order valence-corrected chi connectivity index (χ2v) is 8.03. The molecule has 2 heterocycles. The van der Waals surface area contributed by atoms with Gasteiger partial charge in [0.1, 0.15) is 11.4 Å². The largest absolute Gasteiger partial charge is 0.454 e. The van der Waals surface area contributed by atoms with Crippen molar-refractivity contribution in [2.24, 2.45) is 12.0 Å². The molecule has 0 bridgehead atoms. The normalized spacial score (nSPS) is 11.4. The minimum Gasteiger partial charge on any atom is -0.454 e. The molecular formula is C24H20ClFN6O4. The number of hydrogen-bond donors (Lipinski definition) is 2. The molecule has 4 aromatic rings. The Morgan fingerprint density at radius 2 is 1.92 bits per heavy atom. The van der Waals surface area contributed by atoms with Gasteiger partial charge in [0.05, 0.1) is 12.2 Å². The van der Waals surface area contributed by atoms with E-state index < -0.39 is 23.1 Å². The summed E-state index contributed by atoms with van der Waals surface area (Å²) in [6.07, 6.45) is 1.37. The molecule has 0 spiro atoms. The Hall–Kier alpha value is -4.51. The smallest absolute Gasteiger partial charge is 0.335 e. The lowest BCUT2D eigenvalue weighted by Crippen LogP contribution is -2.48. The molecule has 2 aromatic carbocycles. The van der Waals surface area contributed by atoms with Crippen LogP contribution in [0.3, 0.4) is 0 Å². The number of pyridine rings is 1. The van der Waals surface area contributed by atoms with E-state index in [2.05, 4.69) is 20.3 Å². The third-order valence-electron chi connectivity index (χ3n) is 5.12. The topological polar surface area (TPSA) is 123 Å². The van der Waals surface area contributed by atoms with Crippen LogP contribution in [-0.4, -0.2) is 32.1 Å². The average molecular weight is 511 g/mol. The average Bonchev–Trinajstić information content (AvgIpc) is 2.87. The molecule has 0 aliphatic carbocycles. The first-order valence-corrected chi connectivity index (χ1v) is 11.0. The number of carbonyl (C=O) groups is 1. The highest BCUT2D eigenvalue weighted by Gasteiger charge is 2.11. The fourth-order valence-corrected chi connectivity index (χ4v) is 3.35. The van der Waals surface area contributed by atoms with Crippen LogP contribution in [0, 0.1) is 5.82 Å². The Bertz CT molecular complexity index is 1630. The quantitative estimate of drug-likeness (QED) is 0.412. The number of aromatic amines is 1. The van der Waals surface area contributed by atoms with Gasteiger partial charge in [-0.1, -0.05) is 23.7 Å². The molecule has 4 rings (SSSR count). The van der Waals surface area contributed by atoms with Gasteiger partial charge in [-0.15, -0.1) is 0 Å². The Balaban J connectivity index is 1.69. The number of nitrogens with one attached hydrogen (secondary N) is 2. The van der Waals surface area contributed by atoms with Crippen molar-refractivity contribution in [3.05, 3.63) is 109 Å². The van der Waals surface area contributed by atoms with Crippen LogP contribution in [-0.2, 0) is 13.6 Å². The number of halogens is 2. The van der Waals surface area contributed by atoms with Crippen LogP contribution in [0.25, 0.3) is 0 Å². The van der Waals surface area contributed by atoms with Crippen molar-refractivity contribution in [3.8, 4) is 11.5 Å². The fraction of sp³-hybridized carbons (Fsp3) is 0.125. The summed E-state index contributed by atoms with van der Waals surface area (Å²) in [5.41, 5.74) is -0.339. The van der Waals surface area contributed by atoms with Gasteiger partial charge in [-0.05, 0) is 35.9 Å². The minimum absolute atomic E-state index is 0.0597. The molecule has 36 heavy (non-hydrogen) atoms. The molecule has 12 heteroatoms. The van der Waals surface area contributed by atoms with Crippen molar-refractivity contribution in [1.82, 2.24) is 24.4 Å². The first kappa shape index (κ1) is 24.6. The predicted molar refractivity (Wildman–Crippen MR) is 130 cm³/mol. The van der Waals surface area contributed by atoms with Crippen LogP contribution < -0.4 is 27.1 Å².